The molecule has 0 spiro atoms. The molecule has 0 fully saturated rings. The molecule has 0 bridgehead atoms. The van der Waals surface area contributed by atoms with Crippen molar-refractivity contribution in [2.75, 3.05) is 5.32 Å². The molecule has 0 unspecified atom stereocenters. The van der Waals surface area contributed by atoms with E-state index in [-0.39, 0.29) is 24.7 Å². The second-order valence-corrected chi connectivity index (χ2v) is 5.80. The number of carbonyl (C=O) groups is 4. The van der Waals surface area contributed by atoms with Gasteiger partial charge in [-0.15, -0.1) is 0 Å². The SMILES string of the molecule is CC(=O)Nc1ccc(-c2ccc(C(=O)N[C@H](C=O)CCC=O)cc2)cc1. The number of aldehydes is 2. The van der Waals surface area contributed by atoms with E-state index in [1.54, 1.807) is 24.3 Å². The summed E-state index contributed by atoms with van der Waals surface area (Å²) in [5, 5.41) is 5.30. The monoisotopic (exact) mass is 352 g/mol. The van der Waals surface area contributed by atoms with E-state index < -0.39 is 6.04 Å². The Morgan fingerprint density at radius 3 is 2.04 bits per heavy atom. The second-order valence-electron chi connectivity index (χ2n) is 5.80. The zero-order valence-corrected chi connectivity index (χ0v) is 14.4. The summed E-state index contributed by atoms with van der Waals surface area (Å²) >= 11 is 0. The molecule has 0 aliphatic rings. The van der Waals surface area contributed by atoms with E-state index in [2.05, 4.69) is 10.6 Å². The third-order valence-electron chi connectivity index (χ3n) is 3.76. The van der Waals surface area contributed by atoms with Crippen LogP contribution in [0.25, 0.3) is 11.1 Å². The minimum Gasteiger partial charge on any atom is -0.343 e. The number of carbonyl (C=O) groups excluding carboxylic acids is 4. The van der Waals surface area contributed by atoms with Gasteiger partial charge in [0.2, 0.25) is 5.91 Å². The van der Waals surface area contributed by atoms with Gasteiger partial charge in [0, 0.05) is 24.6 Å². The van der Waals surface area contributed by atoms with Crippen LogP contribution in [0.1, 0.15) is 30.1 Å². The van der Waals surface area contributed by atoms with Crippen molar-refractivity contribution in [2.24, 2.45) is 0 Å². The van der Waals surface area contributed by atoms with Crippen LogP contribution in [-0.4, -0.2) is 30.4 Å². The fourth-order valence-corrected chi connectivity index (χ4v) is 2.44. The first kappa shape index (κ1) is 19.1. The second kappa shape index (κ2) is 9.27. The molecule has 1 atom stereocenters. The Morgan fingerprint density at radius 2 is 1.54 bits per heavy atom. The lowest BCUT2D eigenvalue weighted by atomic mass is 10.0. The molecule has 0 aliphatic carbocycles. The first-order valence-corrected chi connectivity index (χ1v) is 8.21. The van der Waals surface area contributed by atoms with Crippen LogP contribution in [0.4, 0.5) is 5.69 Å². The van der Waals surface area contributed by atoms with E-state index >= 15 is 0 Å². The quantitative estimate of drug-likeness (QED) is 0.714. The molecule has 0 saturated carbocycles. The van der Waals surface area contributed by atoms with Crippen molar-refractivity contribution >= 4 is 30.1 Å². The highest BCUT2D eigenvalue weighted by Crippen LogP contribution is 2.22. The zero-order valence-electron chi connectivity index (χ0n) is 14.4. The van der Waals surface area contributed by atoms with Crippen LogP contribution in [0.3, 0.4) is 0 Å². The molecule has 2 aromatic rings. The van der Waals surface area contributed by atoms with Gasteiger partial charge in [0.25, 0.3) is 5.91 Å². The molecule has 6 nitrogen and oxygen atoms in total. The van der Waals surface area contributed by atoms with E-state index in [1.165, 1.54) is 6.92 Å². The van der Waals surface area contributed by atoms with Gasteiger partial charge in [0.15, 0.2) is 0 Å². The molecule has 2 amide bonds. The highest BCUT2D eigenvalue weighted by atomic mass is 16.2. The molecule has 0 aromatic heterocycles. The highest BCUT2D eigenvalue weighted by molar-refractivity contribution is 5.96. The van der Waals surface area contributed by atoms with E-state index in [1.807, 2.05) is 24.3 Å². The molecule has 0 saturated heterocycles. The molecule has 2 N–H and O–H groups in total. The Morgan fingerprint density at radius 1 is 0.962 bits per heavy atom. The number of benzene rings is 2. The molecule has 6 heteroatoms. The maximum Gasteiger partial charge on any atom is 0.251 e. The van der Waals surface area contributed by atoms with Gasteiger partial charge in [-0.25, -0.2) is 0 Å². The first-order chi connectivity index (χ1) is 12.5. The Kier molecular flexibility index (Phi) is 6.79. The topological polar surface area (TPSA) is 92.3 Å². The number of hydrogen-bond acceptors (Lipinski definition) is 4. The average molecular weight is 352 g/mol. The van der Waals surface area contributed by atoms with Crippen LogP contribution in [-0.2, 0) is 14.4 Å². The molecular weight excluding hydrogens is 332 g/mol. The minimum atomic E-state index is -0.673. The van der Waals surface area contributed by atoms with Crippen LogP contribution in [0, 0.1) is 0 Å². The Bertz CT molecular complexity index is 782. The van der Waals surface area contributed by atoms with Crippen LogP contribution in [0.5, 0.6) is 0 Å². The predicted octanol–water partition coefficient (Wildman–Crippen LogP) is 2.59. The normalized spacial score (nSPS) is 11.3. The Balaban J connectivity index is 2.05. The summed E-state index contributed by atoms with van der Waals surface area (Å²) in [6.45, 7) is 1.45. The summed E-state index contributed by atoms with van der Waals surface area (Å²) in [4.78, 5) is 44.5. The zero-order chi connectivity index (χ0) is 18.9. The van der Waals surface area contributed by atoms with Crippen molar-refractivity contribution in [3.05, 3.63) is 54.1 Å². The summed E-state index contributed by atoms with van der Waals surface area (Å²) < 4.78 is 0. The van der Waals surface area contributed by atoms with Crippen molar-refractivity contribution in [1.29, 1.82) is 0 Å². The smallest absolute Gasteiger partial charge is 0.251 e. The van der Waals surface area contributed by atoms with Crippen molar-refractivity contribution < 1.29 is 19.2 Å². The number of rotatable bonds is 8. The van der Waals surface area contributed by atoms with Gasteiger partial charge in [0.05, 0.1) is 6.04 Å². The standard InChI is InChI=1S/C20H20N2O4/c1-14(25)21-18-10-8-16(9-11-18)15-4-6-17(7-5-15)20(26)22-19(13-24)3-2-12-23/h4-13,19H,2-3H2,1H3,(H,21,25)(H,22,26)/t19-/m0/s1. The molecule has 2 aromatic carbocycles. The molecule has 2 rings (SSSR count). The van der Waals surface area contributed by atoms with Crippen molar-refractivity contribution in [3.63, 3.8) is 0 Å². The van der Waals surface area contributed by atoms with E-state index in [9.17, 15) is 19.2 Å². The fraction of sp³-hybridized carbons (Fsp3) is 0.200. The number of anilines is 1. The number of nitrogens with one attached hydrogen (secondary N) is 2. The fourth-order valence-electron chi connectivity index (χ4n) is 2.44. The molecule has 134 valence electrons. The third-order valence-corrected chi connectivity index (χ3v) is 3.76. The molecular formula is C20H20N2O4. The number of amides is 2. The summed E-state index contributed by atoms with van der Waals surface area (Å²) in [5.74, 6) is -0.490. The maximum absolute atomic E-state index is 12.2. The van der Waals surface area contributed by atoms with Gasteiger partial charge in [-0.2, -0.15) is 0 Å². The molecule has 0 radical (unpaired) electrons. The maximum atomic E-state index is 12.2. The van der Waals surface area contributed by atoms with Gasteiger partial charge in [0.1, 0.15) is 12.6 Å². The van der Waals surface area contributed by atoms with Crippen LogP contribution >= 0.6 is 0 Å². The van der Waals surface area contributed by atoms with Crippen molar-refractivity contribution in [3.8, 4) is 11.1 Å². The van der Waals surface area contributed by atoms with Crippen LogP contribution < -0.4 is 10.6 Å². The largest absolute Gasteiger partial charge is 0.343 e. The highest BCUT2D eigenvalue weighted by Gasteiger charge is 2.12. The lowest BCUT2D eigenvalue weighted by Crippen LogP contribution is -2.36. The predicted molar refractivity (Wildman–Crippen MR) is 98.8 cm³/mol. The molecule has 26 heavy (non-hydrogen) atoms. The van der Waals surface area contributed by atoms with Crippen LogP contribution in [0.15, 0.2) is 48.5 Å². The summed E-state index contributed by atoms with van der Waals surface area (Å²) in [5.41, 5.74) is 3.01. The van der Waals surface area contributed by atoms with Crippen molar-refractivity contribution in [2.45, 2.75) is 25.8 Å². The lowest BCUT2D eigenvalue weighted by molar-refractivity contribution is -0.114. The van der Waals surface area contributed by atoms with Gasteiger partial charge >= 0.3 is 0 Å². The minimum absolute atomic E-state index is 0.130. The van der Waals surface area contributed by atoms with Gasteiger partial charge in [-0.05, 0) is 41.8 Å². The van der Waals surface area contributed by atoms with Crippen LogP contribution in [0.2, 0.25) is 0 Å². The molecule has 0 heterocycles. The lowest BCUT2D eigenvalue weighted by Gasteiger charge is -2.11. The summed E-state index contributed by atoms with van der Waals surface area (Å²) in [6, 6.07) is 13.7. The Hall–Kier alpha value is -3.28. The van der Waals surface area contributed by atoms with E-state index in [0.29, 0.717) is 23.8 Å². The van der Waals surface area contributed by atoms with Gasteiger partial charge < -0.3 is 20.2 Å². The van der Waals surface area contributed by atoms with Gasteiger partial charge in [-0.1, -0.05) is 24.3 Å². The van der Waals surface area contributed by atoms with E-state index in [0.717, 1.165) is 11.1 Å². The summed E-state index contributed by atoms with van der Waals surface area (Å²) in [7, 11) is 0. The average Bonchev–Trinajstić information content (AvgIpc) is 2.65. The third kappa shape index (κ3) is 5.37. The number of hydrogen-bond donors (Lipinski definition) is 2. The molecule has 0 aliphatic heterocycles. The first-order valence-electron chi connectivity index (χ1n) is 8.21. The summed E-state index contributed by atoms with van der Waals surface area (Å²) in [6.07, 6.45) is 1.86. The Labute approximate surface area is 151 Å². The van der Waals surface area contributed by atoms with Crippen molar-refractivity contribution in [1.82, 2.24) is 5.32 Å². The van der Waals surface area contributed by atoms with Gasteiger partial charge in [-0.3, -0.25) is 9.59 Å². The van der Waals surface area contributed by atoms with E-state index in [4.69, 9.17) is 0 Å².